The van der Waals surface area contributed by atoms with Gasteiger partial charge in [-0.25, -0.2) is 0 Å². The topological polar surface area (TPSA) is 43.4 Å². The lowest BCUT2D eigenvalue weighted by Crippen LogP contribution is -2.13. The molecule has 0 aromatic rings. The first-order chi connectivity index (χ1) is 7.24. The predicted octanol–water partition coefficient (Wildman–Crippen LogP) is 1.94. The summed E-state index contributed by atoms with van der Waals surface area (Å²) in [5.41, 5.74) is 0. The van der Waals surface area contributed by atoms with Gasteiger partial charge in [-0.3, -0.25) is 9.59 Å². The third kappa shape index (κ3) is 2.21. The average molecular weight is 210 g/mol. The third-order valence-electron chi connectivity index (χ3n) is 3.65. The molecule has 2 aliphatic carbocycles. The molecule has 15 heavy (non-hydrogen) atoms. The van der Waals surface area contributed by atoms with Crippen LogP contribution in [0.5, 0.6) is 0 Å². The Morgan fingerprint density at radius 2 is 1.80 bits per heavy atom. The fourth-order valence-electron chi connectivity index (χ4n) is 2.94. The molecule has 0 aliphatic heterocycles. The van der Waals surface area contributed by atoms with Crippen LogP contribution in [0, 0.1) is 17.8 Å². The summed E-state index contributed by atoms with van der Waals surface area (Å²) in [5, 5.41) is 0. The van der Waals surface area contributed by atoms with Gasteiger partial charge in [0.15, 0.2) is 0 Å². The minimum atomic E-state index is -0.355. The van der Waals surface area contributed by atoms with Gasteiger partial charge in [-0.05, 0) is 31.6 Å². The first-order valence-electron chi connectivity index (χ1n) is 5.92. The van der Waals surface area contributed by atoms with E-state index < -0.39 is 0 Å². The molecule has 84 valence electrons. The molecule has 0 spiro atoms. The summed E-state index contributed by atoms with van der Waals surface area (Å²) < 4.78 is 4.78. The van der Waals surface area contributed by atoms with Gasteiger partial charge in [-0.15, -0.1) is 0 Å². The van der Waals surface area contributed by atoms with Crippen LogP contribution in [0.4, 0.5) is 0 Å². The predicted molar refractivity (Wildman–Crippen MR) is 55.2 cm³/mol. The number of esters is 1. The summed E-state index contributed by atoms with van der Waals surface area (Å²) in [6, 6.07) is 0. The molecule has 2 fully saturated rings. The Labute approximate surface area is 90.2 Å². The van der Waals surface area contributed by atoms with Crippen LogP contribution in [0.3, 0.4) is 0 Å². The molecule has 0 aromatic carbocycles. The third-order valence-corrected chi connectivity index (χ3v) is 3.65. The highest BCUT2D eigenvalue weighted by atomic mass is 16.5. The van der Waals surface area contributed by atoms with Crippen LogP contribution in [-0.2, 0) is 14.3 Å². The summed E-state index contributed by atoms with van der Waals surface area (Å²) in [7, 11) is 0. The SMILES string of the molecule is CCOC(=O)CC(=O)C1C2CCCCC21. The number of hydrogen-bond acceptors (Lipinski definition) is 3. The van der Waals surface area contributed by atoms with E-state index >= 15 is 0 Å². The fourth-order valence-corrected chi connectivity index (χ4v) is 2.94. The number of ketones is 1. The molecule has 0 N–H and O–H groups in total. The number of hydrogen-bond donors (Lipinski definition) is 0. The molecule has 2 saturated carbocycles. The van der Waals surface area contributed by atoms with Crippen molar-refractivity contribution in [3.63, 3.8) is 0 Å². The Morgan fingerprint density at radius 1 is 1.20 bits per heavy atom. The van der Waals surface area contributed by atoms with Crippen molar-refractivity contribution in [1.82, 2.24) is 0 Å². The van der Waals surface area contributed by atoms with E-state index in [0.717, 1.165) is 0 Å². The van der Waals surface area contributed by atoms with E-state index in [1.165, 1.54) is 25.7 Å². The van der Waals surface area contributed by atoms with Crippen molar-refractivity contribution in [1.29, 1.82) is 0 Å². The number of fused-ring (bicyclic) bond motifs is 1. The van der Waals surface area contributed by atoms with Crippen LogP contribution >= 0.6 is 0 Å². The Morgan fingerprint density at radius 3 is 2.33 bits per heavy atom. The monoisotopic (exact) mass is 210 g/mol. The lowest BCUT2D eigenvalue weighted by molar-refractivity contribution is -0.145. The van der Waals surface area contributed by atoms with Gasteiger partial charge in [-0.1, -0.05) is 12.8 Å². The smallest absolute Gasteiger partial charge is 0.313 e. The molecular weight excluding hydrogens is 192 g/mol. The zero-order chi connectivity index (χ0) is 10.8. The zero-order valence-electron chi connectivity index (χ0n) is 9.20. The van der Waals surface area contributed by atoms with Crippen LogP contribution in [0.25, 0.3) is 0 Å². The molecule has 0 bridgehead atoms. The normalized spacial score (nSPS) is 33.0. The summed E-state index contributed by atoms with van der Waals surface area (Å²) >= 11 is 0. The fraction of sp³-hybridized carbons (Fsp3) is 0.833. The first kappa shape index (κ1) is 10.7. The van der Waals surface area contributed by atoms with Crippen molar-refractivity contribution in [2.24, 2.45) is 17.8 Å². The number of carbonyl (C=O) groups excluding carboxylic acids is 2. The van der Waals surface area contributed by atoms with Gasteiger partial charge in [-0.2, -0.15) is 0 Å². The molecular formula is C12H18O3. The van der Waals surface area contributed by atoms with Gasteiger partial charge in [0.25, 0.3) is 0 Å². The van der Waals surface area contributed by atoms with Crippen LogP contribution in [0.2, 0.25) is 0 Å². The quantitative estimate of drug-likeness (QED) is 0.526. The minimum Gasteiger partial charge on any atom is -0.466 e. The van der Waals surface area contributed by atoms with Gasteiger partial charge in [0.05, 0.1) is 6.61 Å². The Kier molecular flexibility index (Phi) is 3.08. The zero-order valence-corrected chi connectivity index (χ0v) is 9.20. The van der Waals surface area contributed by atoms with E-state index in [9.17, 15) is 9.59 Å². The summed E-state index contributed by atoms with van der Waals surface area (Å²) in [6.45, 7) is 2.13. The Balaban J connectivity index is 1.80. The van der Waals surface area contributed by atoms with E-state index in [2.05, 4.69) is 0 Å². The number of ether oxygens (including phenoxy) is 1. The second-order valence-corrected chi connectivity index (χ2v) is 4.59. The van der Waals surface area contributed by atoms with Gasteiger partial charge in [0, 0.05) is 5.92 Å². The molecule has 2 aliphatic rings. The van der Waals surface area contributed by atoms with Gasteiger partial charge in [0.1, 0.15) is 12.2 Å². The Hall–Kier alpha value is -0.860. The maximum atomic E-state index is 11.8. The number of rotatable bonds is 4. The number of Topliss-reactive ketones (excluding diaryl/α,β-unsaturated/α-hetero) is 1. The summed E-state index contributed by atoms with van der Waals surface area (Å²) in [5.74, 6) is 1.15. The molecule has 3 heteroatoms. The molecule has 2 unspecified atom stereocenters. The van der Waals surface area contributed by atoms with Gasteiger partial charge < -0.3 is 4.74 Å². The Bertz CT molecular complexity index is 260. The van der Waals surface area contributed by atoms with E-state index in [-0.39, 0.29) is 24.1 Å². The van der Waals surface area contributed by atoms with E-state index in [1.54, 1.807) is 6.92 Å². The molecule has 2 atom stereocenters. The van der Waals surface area contributed by atoms with Crippen molar-refractivity contribution >= 4 is 11.8 Å². The minimum absolute atomic E-state index is 0.00843. The second-order valence-electron chi connectivity index (χ2n) is 4.59. The first-order valence-corrected chi connectivity index (χ1v) is 5.92. The van der Waals surface area contributed by atoms with Crippen molar-refractivity contribution in [2.45, 2.75) is 39.0 Å². The van der Waals surface area contributed by atoms with Gasteiger partial charge >= 0.3 is 5.97 Å². The maximum Gasteiger partial charge on any atom is 0.313 e. The van der Waals surface area contributed by atoms with Crippen molar-refractivity contribution < 1.29 is 14.3 Å². The van der Waals surface area contributed by atoms with Crippen molar-refractivity contribution in [3.8, 4) is 0 Å². The second kappa shape index (κ2) is 4.33. The van der Waals surface area contributed by atoms with Crippen LogP contribution in [0.15, 0.2) is 0 Å². The average Bonchev–Trinajstić information content (AvgIpc) is 2.91. The molecule has 0 radical (unpaired) electrons. The number of carbonyl (C=O) groups is 2. The highest BCUT2D eigenvalue weighted by Gasteiger charge is 2.54. The molecule has 3 nitrogen and oxygen atoms in total. The molecule has 0 aromatic heterocycles. The lowest BCUT2D eigenvalue weighted by atomic mass is 10.0. The van der Waals surface area contributed by atoms with Crippen molar-refractivity contribution in [3.05, 3.63) is 0 Å². The van der Waals surface area contributed by atoms with E-state index in [4.69, 9.17) is 4.74 Å². The summed E-state index contributed by atoms with van der Waals surface area (Å²) in [6.07, 6.45) is 4.87. The summed E-state index contributed by atoms with van der Waals surface area (Å²) in [4.78, 5) is 22.9. The van der Waals surface area contributed by atoms with E-state index in [1.807, 2.05) is 0 Å². The van der Waals surface area contributed by atoms with Crippen LogP contribution in [0.1, 0.15) is 39.0 Å². The lowest BCUT2D eigenvalue weighted by Gasteiger charge is -2.04. The maximum absolute atomic E-state index is 11.8. The molecule has 0 saturated heterocycles. The molecule has 0 amide bonds. The van der Waals surface area contributed by atoms with Crippen molar-refractivity contribution in [2.75, 3.05) is 6.61 Å². The van der Waals surface area contributed by atoms with Gasteiger partial charge in [0.2, 0.25) is 0 Å². The standard InChI is InChI=1S/C12H18O3/c1-2-15-11(14)7-10(13)12-8-5-3-4-6-9(8)12/h8-9,12H,2-7H2,1H3. The van der Waals surface area contributed by atoms with Crippen LogP contribution < -0.4 is 0 Å². The van der Waals surface area contributed by atoms with E-state index in [0.29, 0.717) is 18.4 Å². The largest absolute Gasteiger partial charge is 0.466 e. The van der Waals surface area contributed by atoms with Crippen LogP contribution in [-0.4, -0.2) is 18.4 Å². The molecule has 2 rings (SSSR count). The highest BCUT2D eigenvalue weighted by Crippen LogP contribution is 2.56. The molecule has 0 heterocycles. The highest BCUT2D eigenvalue weighted by molar-refractivity contribution is 5.98.